The molecule has 5 heteroatoms. The van der Waals surface area contributed by atoms with Crippen LogP contribution in [0.5, 0.6) is 0 Å². The maximum absolute atomic E-state index is 9.07. The number of hydrogen-bond donors (Lipinski definition) is 1. The van der Waals surface area contributed by atoms with E-state index >= 15 is 0 Å². The zero-order valence-electron chi connectivity index (χ0n) is 5.74. The quantitative estimate of drug-likeness (QED) is 0.733. The number of nitrogens with zero attached hydrogens (tertiary/aromatic N) is 3. The number of rotatable bonds is 1. The van der Waals surface area contributed by atoms with Crippen molar-refractivity contribution in [2.45, 2.75) is 13.0 Å². The summed E-state index contributed by atoms with van der Waals surface area (Å²) in [6.07, 6.45) is -0.566. The number of aliphatic hydroxyl groups is 1. The van der Waals surface area contributed by atoms with Gasteiger partial charge in [-0.2, -0.15) is 0 Å². The molecule has 0 aliphatic rings. The van der Waals surface area contributed by atoms with Gasteiger partial charge in [0, 0.05) is 7.05 Å². The molecule has 0 fully saturated rings. The van der Waals surface area contributed by atoms with Crippen LogP contribution in [0.3, 0.4) is 0 Å². The first-order chi connectivity index (χ1) is 4.61. The molecule has 0 bridgehead atoms. The van der Waals surface area contributed by atoms with Crippen molar-refractivity contribution in [2.24, 2.45) is 7.05 Å². The van der Waals surface area contributed by atoms with Crippen molar-refractivity contribution in [1.29, 1.82) is 0 Å². The Kier molecular flexibility index (Phi) is 2.05. The summed E-state index contributed by atoms with van der Waals surface area (Å²) in [4.78, 5) is 3.93. The van der Waals surface area contributed by atoms with Crippen LogP contribution in [0.4, 0.5) is 0 Å². The predicted octanol–water partition coefficient (Wildman–Crippen LogP) is 0.631. The van der Waals surface area contributed by atoms with E-state index in [9.17, 15) is 0 Å². The van der Waals surface area contributed by atoms with E-state index in [1.54, 1.807) is 14.0 Å². The van der Waals surface area contributed by atoms with Crippen molar-refractivity contribution >= 4 is 15.9 Å². The van der Waals surface area contributed by atoms with Crippen LogP contribution in [0.1, 0.15) is 18.9 Å². The summed E-state index contributed by atoms with van der Waals surface area (Å²) in [6.45, 7) is 1.65. The molecule has 1 heterocycles. The molecule has 0 amide bonds. The summed E-state index contributed by atoms with van der Waals surface area (Å²) in [7, 11) is 1.74. The lowest BCUT2D eigenvalue weighted by Crippen LogP contribution is -2.02. The van der Waals surface area contributed by atoms with E-state index in [1.165, 1.54) is 4.68 Å². The number of hydrogen-bond acceptors (Lipinski definition) is 3. The molecule has 1 atom stereocenters. The fourth-order valence-electron chi connectivity index (χ4n) is 0.728. The van der Waals surface area contributed by atoms with Gasteiger partial charge in [-0.05, 0) is 22.9 Å². The average Bonchev–Trinajstić information content (AvgIpc) is 2.10. The van der Waals surface area contributed by atoms with Gasteiger partial charge in [0.2, 0.25) is 4.73 Å². The Morgan fingerprint density at radius 1 is 1.70 bits per heavy atom. The van der Waals surface area contributed by atoms with E-state index in [-0.39, 0.29) is 0 Å². The molecule has 1 aromatic heterocycles. The Balaban J connectivity index is 3.03. The van der Waals surface area contributed by atoms with Crippen molar-refractivity contribution in [3.05, 3.63) is 10.6 Å². The number of halogens is 1. The highest BCUT2D eigenvalue weighted by molar-refractivity contribution is 9.10. The average molecular weight is 206 g/mol. The fourth-order valence-corrected chi connectivity index (χ4v) is 1.15. The van der Waals surface area contributed by atoms with Crippen LogP contribution in [0.15, 0.2) is 4.73 Å². The Bertz CT molecular complexity index is 233. The third kappa shape index (κ3) is 1.35. The maximum atomic E-state index is 9.07. The van der Waals surface area contributed by atoms with Crippen molar-refractivity contribution in [1.82, 2.24) is 14.8 Å². The Hall–Kier alpha value is -0.420. The highest BCUT2D eigenvalue weighted by Crippen LogP contribution is 2.10. The molecule has 0 radical (unpaired) electrons. The summed E-state index contributed by atoms with van der Waals surface area (Å²) in [5.74, 6) is 0.562. The minimum absolute atomic E-state index is 0.505. The van der Waals surface area contributed by atoms with E-state index in [0.29, 0.717) is 10.6 Å². The van der Waals surface area contributed by atoms with Gasteiger partial charge in [0.25, 0.3) is 0 Å². The number of aliphatic hydroxyl groups excluding tert-OH is 1. The lowest BCUT2D eigenvalue weighted by Gasteiger charge is -1.99. The van der Waals surface area contributed by atoms with Crippen LogP contribution in [0.25, 0.3) is 0 Å². The lowest BCUT2D eigenvalue weighted by atomic mass is 10.4. The zero-order valence-corrected chi connectivity index (χ0v) is 7.33. The standard InChI is InChI=1S/C5H8BrN3O/c1-3(10)4-7-5(6)8-9(4)2/h3,10H,1-2H3/t3-/m1/s1. The van der Waals surface area contributed by atoms with E-state index in [0.717, 1.165) is 0 Å². The first kappa shape index (κ1) is 7.68. The van der Waals surface area contributed by atoms with Gasteiger partial charge in [0.1, 0.15) is 6.10 Å². The summed E-state index contributed by atoms with van der Waals surface area (Å²) >= 11 is 3.10. The molecular weight excluding hydrogens is 198 g/mol. The van der Waals surface area contributed by atoms with Gasteiger partial charge < -0.3 is 5.11 Å². The second-order valence-electron chi connectivity index (χ2n) is 2.04. The molecule has 4 nitrogen and oxygen atoms in total. The molecule has 0 aromatic carbocycles. The van der Waals surface area contributed by atoms with Gasteiger partial charge in [-0.1, -0.05) is 0 Å². The van der Waals surface area contributed by atoms with E-state index in [1.807, 2.05) is 0 Å². The molecule has 0 saturated heterocycles. The normalized spacial score (nSPS) is 13.6. The monoisotopic (exact) mass is 205 g/mol. The molecule has 0 aliphatic carbocycles. The molecule has 1 aromatic rings. The molecule has 56 valence electrons. The SMILES string of the molecule is C[C@@H](O)c1nc(Br)nn1C. The summed E-state index contributed by atoms with van der Waals surface area (Å²) < 4.78 is 2.04. The molecule has 0 saturated carbocycles. The van der Waals surface area contributed by atoms with Crippen molar-refractivity contribution in [2.75, 3.05) is 0 Å². The maximum Gasteiger partial charge on any atom is 0.217 e. The highest BCUT2D eigenvalue weighted by atomic mass is 79.9. The van der Waals surface area contributed by atoms with Crippen molar-refractivity contribution in [3.8, 4) is 0 Å². The molecular formula is C5H8BrN3O. The van der Waals surface area contributed by atoms with Gasteiger partial charge in [-0.15, -0.1) is 5.10 Å². The van der Waals surface area contributed by atoms with E-state index in [2.05, 4.69) is 26.0 Å². The van der Waals surface area contributed by atoms with Crippen LogP contribution in [-0.4, -0.2) is 19.9 Å². The molecule has 10 heavy (non-hydrogen) atoms. The third-order valence-corrected chi connectivity index (χ3v) is 1.48. The van der Waals surface area contributed by atoms with Crippen LogP contribution < -0.4 is 0 Å². The smallest absolute Gasteiger partial charge is 0.217 e. The van der Waals surface area contributed by atoms with Crippen LogP contribution in [0.2, 0.25) is 0 Å². The molecule has 0 unspecified atom stereocenters. The van der Waals surface area contributed by atoms with Crippen molar-refractivity contribution in [3.63, 3.8) is 0 Å². The Morgan fingerprint density at radius 2 is 2.30 bits per heavy atom. The lowest BCUT2D eigenvalue weighted by molar-refractivity contribution is 0.184. The topological polar surface area (TPSA) is 50.9 Å². The van der Waals surface area contributed by atoms with E-state index in [4.69, 9.17) is 5.11 Å². The number of aryl methyl sites for hydroxylation is 1. The molecule has 1 N–H and O–H groups in total. The second kappa shape index (κ2) is 2.67. The van der Waals surface area contributed by atoms with Crippen LogP contribution in [0, 0.1) is 0 Å². The van der Waals surface area contributed by atoms with Crippen LogP contribution >= 0.6 is 15.9 Å². The second-order valence-corrected chi connectivity index (χ2v) is 2.75. The van der Waals surface area contributed by atoms with Gasteiger partial charge in [-0.3, -0.25) is 0 Å². The van der Waals surface area contributed by atoms with Gasteiger partial charge >= 0.3 is 0 Å². The molecule has 0 spiro atoms. The largest absolute Gasteiger partial charge is 0.385 e. The first-order valence-corrected chi connectivity index (χ1v) is 3.65. The molecule has 1 rings (SSSR count). The fraction of sp³-hybridized carbons (Fsp3) is 0.600. The first-order valence-electron chi connectivity index (χ1n) is 2.85. The van der Waals surface area contributed by atoms with Gasteiger partial charge in [0.05, 0.1) is 0 Å². The zero-order chi connectivity index (χ0) is 7.72. The predicted molar refractivity (Wildman–Crippen MR) is 39.3 cm³/mol. The summed E-state index contributed by atoms with van der Waals surface area (Å²) in [5, 5.41) is 13.0. The Labute approximate surface area is 67.0 Å². The minimum atomic E-state index is -0.566. The van der Waals surface area contributed by atoms with Gasteiger partial charge in [-0.25, -0.2) is 9.67 Å². The van der Waals surface area contributed by atoms with Gasteiger partial charge in [0.15, 0.2) is 5.82 Å². The highest BCUT2D eigenvalue weighted by Gasteiger charge is 2.08. The van der Waals surface area contributed by atoms with Crippen LogP contribution in [-0.2, 0) is 7.05 Å². The number of aromatic nitrogens is 3. The minimum Gasteiger partial charge on any atom is -0.385 e. The van der Waals surface area contributed by atoms with Crippen molar-refractivity contribution < 1.29 is 5.11 Å². The molecule has 0 aliphatic heterocycles. The third-order valence-electron chi connectivity index (χ3n) is 1.14. The summed E-state index contributed by atoms with van der Waals surface area (Å²) in [6, 6.07) is 0. The summed E-state index contributed by atoms with van der Waals surface area (Å²) in [5.41, 5.74) is 0. The van der Waals surface area contributed by atoms with E-state index < -0.39 is 6.10 Å². The Morgan fingerprint density at radius 3 is 2.50 bits per heavy atom.